The molecule has 1 heterocycles. The summed E-state index contributed by atoms with van der Waals surface area (Å²) in [7, 11) is -3.54. The van der Waals surface area contributed by atoms with E-state index in [9.17, 15) is 17.6 Å². The molecule has 19 heavy (non-hydrogen) atoms. The second kappa shape index (κ2) is 5.16. The van der Waals surface area contributed by atoms with Crippen LogP contribution in [0.3, 0.4) is 0 Å². The summed E-state index contributed by atoms with van der Waals surface area (Å²) in [6.45, 7) is 0.485. The highest BCUT2D eigenvalue weighted by molar-refractivity contribution is 7.91. The molecule has 0 aromatic heterocycles. The Morgan fingerprint density at radius 3 is 2.58 bits per heavy atom. The van der Waals surface area contributed by atoms with E-state index in [4.69, 9.17) is 5.73 Å². The van der Waals surface area contributed by atoms with Crippen molar-refractivity contribution in [3.05, 3.63) is 30.1 Å². The van der Waals surface area contributed by atoms with Gasteiger partial charge in [-0.25, -0.2) is 17.6 Å². The molecule has 0 aliphatic carbocycles. The minimum atomic E-state index is -3.54. The summed E-state index contributed by atoms with van der Waals surface area (Å²) in [6, 6.07) is 3.67. The Bertz CT molecular complexity index is 571. The number of carbonyl (C=O) groups excluding carboxylic acids is 1. The Kier molecular flexibility index (Phi) is 3.75. The predicted molar refractivity (Wildman–Crippen MR) is 67.8 cm³/mol. The number of halogens is 1. The smallest absolute Gasteiger partial charge is 0.315 e. The summed E-state index contributed by atoms with van der Waals surface area (Å²) in [5, 5.41) is 0. The lowest BCUT2D eigenvalue weighted by Gasteiger charge is -2.22. The second-order valence-corrected chi connectivity index (χ2v) is 6.60. The highest BCUT2D eigenvalue weighted by atomic mass is 32.2. The molecule has 1 aromatic rings. The average Bonchev–Trinajstić information content (AvgIpc) is 2.77. The van der Waals surface area contributed by atoms with E-state index in [1.807, 2.05) is 0 Å². The molecule has 0 radical (unpaired) electrons. The van der Waals surface area contributed by atoms with Crippen LogP contribution in [-0.2, 0) is 9.84 Å². The Hall–Kier alpha value is -1.63. The third-order valence-electron chi connectivity index (χ3n) is 3.24. The molecular formula is C12H15FN2O3S. The molecule has 5 nitrogen and oxygen atoms in total. The van der Waals surface area contributed by atoms with Gasteiger partial charge < -0.3 is 10.6 Å². The van der Waals surface area contributed by atoms with Crippen LogP contribution in [0.25, 0.3) is 0 Å². The van der Waals surface area contributed by atoms with Gasteiger partial charge >= 0.3 is 6.03 Å². The monoisotopic (exact) mass is 286 g/mol. The van der Waals surface area contributed by atoms with Gasteiger partial charge in [-0.2, -0.15) is 0 Å². The van der Waals surface area contributed by atoms with E-state index in [0.717, 1.165) is 18.6 Å². The lowest BCUT2D eigenvalue weighted by Crippen LogP contribution is -2.42. The third kappa shape index (κ3) is 3.04. The molecule has 104 valence electrons. The van der Waals surface area contributed by atoms with Crippen molar-refractivity contribution >= 4 is 15.9 Å². The van der Waals surface area contributed by atoms with E-state index in [0.29, 0.717) is 13.0 Å². The molecule has 1 aliphatic rings. The molecule has 1 atom stereocenters. The molecular weight excluding hydrogens is 271 g/mol. The maximum Gasteiger partial charge on any atom is 0.315 e. The van der Waals surface area contributed by atoms with Gasteiger partial charge in [-0.1, -0.05) is 0 Å². The summed E-state index contributed by atoms with van der Waals surface area (Å²) in [6.07, 6.45) is 1.36. The van der Waals surface area contributed by atoms with Crippen LogP contribution in [0.15, 0.2) is 29.2 Å². The molecule has 0 saturated carbocycles. The van der Waals surface area contributed by atoms with E-state index in [1.165, 1.54) is 17.0 Å². The average molecular weight is 286 g/mol. The van der Waals surface area contributed by atoms with E-state index in [2.05, 4.69) is 0 Å². The van der Waals surface area contributed by atoms with Crippen molar-refractivity contribution in [3.8, 4) is 0 Å². The molecule has 2 rings (SSSR count). The number of hydrogen-bond acceptors (Lipinski definition) is 3. The van der Waals surface area contributed by atoms with Gasteiger partial charge in [0.25, 0.3) is 0 Å². The number of nitrogens with two attached hydrogens (primary N) is 1. The summed E-state index contributed by atoms with van der Waals surface area (Å²) in [4.78, 5) is 12.6. The first-order valence-corrected chi connectivity index (χ1v) is 7.60. The van der Waals surface area contributed by atoms with Crippen LogP contribution < -0.4 is 5.73 Å². The number of primary amides is 1. The molecule has 7 heteroatoms. The van der Waals surface area contributed by atoms with Crippen LogP contribution in [0.2, 0.25) is 0 Å². The zero-order valence-corrected chi connectivity index (χ0v) is 11.1. The third-order valence-corrected chi connectivity index (χ3v) is 5.06. The number of rotatable bonds is 3. The van der Waals surface area contributed by atoms with Crippen molar-refractivity contribution in [2.75, 3.05) is 12.3 Å². The SMILES string of the molecule is NC(=O)N1CCC[C@H]1CS(=O)(=O)c1ccc(F)cc1. The first kappa shape index (κ1) is 13.8. The number of benzene rings is 1. The number of hydrogen-bond donors (Lipinski definition) is 1. The summed E-state index contributed by atoms with van der Waals surface area (Å²) in [5.41, 5.74) is 5.21. The van der Waals surface area contributed by atoms with Crippen LogP contribution in [-0.4, -0.2) is 37.7 Å². The fourth-order valence-corrected chi connectivity index (χ4v) is 3.89. The lowest BCUT2D eigenvalue weighted by molar-refractivity contribution is 0.206. The number of carbonyl (C=O) groups is 1. The Morgan fingerprint density at radius 1 is 1.37 bits per heavy atom. The number of nitrogens with zero attached hydrogens (tertiary/aromatic N) is 1. The van der Waals surface area contributed by atoms with E-state index in [1.54, 1.807) is 0 Å². The zero-order valence-electron chi connectivity index (χ0n) is 10.3. The maximum atomic E-state index is 12.8. The fraction of sp³-hybridized carbons (Fsp3) is 0.417. The van der Waals surface area contributed by atoms with Crippen LogP contribution in [0, 0.1) is 5.82 Å². The first-order valence-electron chi connectivity index (χ1n) is 5.94. The van der Waals surface area contributed by atoms with Gasteiger partial charge in [0.2, 0.25) is 0 Å². The number of sulfone groups is 1. The van der Waals surface area contributed by atoms with E-state index < -0.39 is 27.7 Å². The van der Waals surface area contributed by atoms with Crippen molar-refractivity contribution in [2.45, 2.75) is 23.8 Å². The molecule has 1 saturated heterocycles. The highest BCUT2D eigenvalue weighted by Gasteiger charge is 2.31. The summed E-state index contributed by atoms with van der Waals surface area (Å²) in [5.74, 6) is -0.666. The summed E-state index contributed by atoms with van der Waals surface area (Å²) < 4.78 is 37.1. The van der Waals surface area contributed by atoms with Crippen LogP contribution in [0.1, 0.15) is 12.8 Å². The minimum absolute atomic E-state index is 0.0604. The molecule has 1 aromatic carbocycles. The Morgan fingerprint density at radius 2 is 2.00 bits per heavy atom. The van der Waals surface area contributed by atoms with E-state index in [-0.39, 0.29) is 10.6 Å². The van der Waals surface area contributed by atoms with Gasteiger partial charge in [0.1, 0.15) is 5.82 Å². The second-order valence-electron chi connectivity index (χ2n) is 4.56. The number of urea groups is 1. The quantitative estimate of drug-likeness (QED) is 0.846. The molecule has 1 fully saturated rings. The molecule has 1 aliphatic heterocycles. The maximum absolute atomic E-state index is 12.8. The number of likely N-dealkylation sites (tertiary alicyclic amines) is 1. The van der Waals surface area contributed by atoms with Gasteiger partial charge in [-0.3, -0.25) is 0 Å². The van der Waals surface area contributed by atoms with Crippen LogP contribution in [0.5, 0.6) is 0 Å². The minimum Gasteiger partial charge on any atom is -0.351 e. The van der Waals surface area contributed by atoms with Crippen molar-refractivity contribution in [1.29, 1.82) is 0 Å². The van der Waals surface area contributed by atoms with Gasteiger partial charge in [0.05, 0.1) is 10.6 Å². The Labute approximate surface area is 111 Å². The molecule has 2 N–H and O–H groups in total. The molecule has 0 spiro atoms. The van der Waals surface area contributed by atoms with Crippen molar-refractivity contribution in [3.63, 3.8) is 0 Å². The normalized spacial score (nSPS) is 19.6. The van der Waals surface area contributed by atoms with Gasteiger partial charge in [-0.05, 0) is 37.1 Å². The molecule has 2 amide bonds. The fourth-order valence-electron chi connectivity index (χ4n) is 2.29. The van der Waals surface area contributed by atoms with Crippen molar-refractivity contribution in [2.24, 2.45) is 5.73 Å². The Balaban J connectivity index is 2.17. The topological polar surface area (TPSA) is 80.5 Å². The van der Waals surface area contributed by atoms with Gasteiger partial charge in [-0.15, -0.1) is 0 Å². The van der Waals surface area contributed by atoms with Crippen molar-refractivity contribution < 1.29 is 17.6 Å². The van der Waals surface area contributed by atoms with Crippen LogP contribution in [0.4, 0.5) is 9.18 Å². The first-order chi connectivity index (χ1) is 8.90. The standard InChI is InChI=1S/C12H15FN2O3S/c13-9-3-5-11(6-4-9)19(17,18)8-10-2-1-7-15(10)12(14)16/h3-6,10H,1-2,7-8H2,(H2,14,16)/t10-/m0/s1. The lowest BCUT2D eigenvalue weighted by atomic mass is 10.2. The highest BCUT2D eigenvalue weighted by Crippen LogP contribution is 2.21. The largest absolute Gasteiger partial charge is 0.351 e. The predicted octanol–water partition coefficient (Wildman–Crippen LogP) is 1.14. The summed E-state index contributed by atoms with van der Waals surface area (Å²) >= 11 is 0. The zero-order chi connectivity index (χ0) is 14.0. The van der Waals surface area contributed by atoms with Crippen LogP contribution >= 0.6 is 0 Å². The van der Waals surface area contributed by atoms with Gasteiger partial charge in [0, 0.05) is 12.6 Å². The molecule has 0 bridgehead atoms. The number of amides is 2. The van der Waals surface area contributed by atoms with E-state index >= 15 is 0 Å². The van der Waals surface area contributed by atoms with Crippen molar-refractivity contribution in [1.82, 2.24) is 4.90 Å². The van der Waals surface area contributed by atoms with Gasteiger partial charge in [0.15, 0.2) is 9.84 Å². The molecule has 0 unspecified atom stereocenters.